The average Bonchev–Trinajstić information content (AvgIpc) is 2.33. The zero-order chi connectivity index (χ0) is 11.6. The van der Waals surface area contributed by atoms with Crippen molar-refractivity contribution in [1.29, 1.82) is 0 Å². The van der Waals surface area contributed by atoms with Crippen LogP contribution < -0.4 is 4.72 Å². The van der Waals surface area contributed by atoms with Crippen LogP contribution in [0.15, 0.2) is 12.7 Å². The van der Waals surface area contributed by atoms with E-state index in [4.69, 9.17) is 8.92 Å². The van der Waals surface area contributed by atoms with E-state index < -0.39 is 15.9 Å². The second-order valence-corrected chi connectivity index (χ2v) is 5.62. The molecule has 2 atom stereocenters. The summed E-state index contributed by atoms with van der Waals surface area (Å²) in [6.07, 6.45) is 4.65. The van der Waals surface area contributed by atoms with Crippen LogP contribution in [0, 0.1) is 0 Å². The predicted molar refractivity (Wildman–Crippen MR) is 59.1 cm³/mol. The molecule has 0 aromatic heterocycles. The van der Waals surface area contributed by atoms with Crippen molar-refractivity contribution in [2.45, 2.75) is 37.3 Å². The molecule has 5 nitrogen and oxygen atoms in total. The summed E-state index contributed by atoms with van der Waals surface area (Å²) < 4.78 is 36.1. The molecular formula is C10H17NO4S. The lowest BCUT2D eigenvalue weighted by Gasteiger charge is -2.41. The number of ether oxygens (including phenoxy) is 1. The SMILES string of the molecule is C=CC[C@]12CCOS(=O)(=O)N[C@@H]1CCCO2. The molecule has 0 aromatic rings. The van der Waals surface area contributed by atoms with Crippen molar-refractivity contribution in [3.05, 3.63) is 12.7 Å². The molecule has 16 heavy (non-hydrogen) atoms. The molecule has 0 amide bonds. The largest absolute Gasteiger partial charge is 0.373 e. The Morgan fingerprint density at radius 2 is 2.31 bits per heavy atom. The van der Waals surface area contributed by atoms with Gasteiger partial charge in [-0.3, -0.25) is 4.18 Å². The molecular weight excluding hydrogens is 230 g/mol. The van der Waals surface area contributed by atoms with Gasteiger partial charge >= 0.3 is 10.3 Å². The number of hydrogen-bond acceptors (Lipinski definition) is 4. The highest BCUT2D eigenvalue weighted by Gasteiger charge is 2.45. The summed E-state index contributed by atoms with van der Waals surface area (Å²) >= 11 is 0. The molecule has 2 saturated heterocycles. The molecule has 0 saturated carbocycles. The first-order valence-electron chi connectivity index (χ1n) is 5.49. The summed E-state index contributed by atoms with van der Waals surface area (Å²) in [7, 11) is -3.61. The Hall–Kier alpha value is -0.430. The van der Waals surface area contributed by atoms with E-state index in [2.05, 4.69) is 11.3 Å². The lowest BCUT2D eigenvalue weighted by molar-refractivity contribution is -0.0988. The number of fused-ring (bicyclic) bond motifs is 1. The summed E-state index contributed by atoms with van der Waals surface area (Å²) in [4.78, 5) is 0. The molecule has 2 aliphatic heterocycles. The average molecular weight is 247 g/mol. The fraction of sp³-hybridized carbons (Fsp3) is 0.800. The van der Waals surface area contributed by atoms with E-state index in [0.29, 0.717) is 19.4 Å². The summed E-state index contributed by atoms with van der Waals surface area (Å²) in [5.74, 6) is 0. The summed E-state index contributed by atoms with van der Waals surface area (Å²) in [5.41, 5.74) is -0.469. The fourth-order valence-electron chi connectivity index (χ4n) is 2.42. The minimum Gasteiger partial charge on any atom is -0.373 e. The molecule has 0 bridgehead atoms. The Morgan fingerprint density at radius 1 is 1.50 bits per heavy atom. The smallest absolute Gasteiger partial charge is 0.336 e. The molecule has 0 aliphatic carbocycles. The van der Waals surface area contributed by atoms with E-state index in [1.807, 2.05) is 0 Å². The van der Waals surface area contributed by atoms with Crippen LogP contribution in [-0.2, 0) is 19.2 Å². The summed E-state index contributed by atoms with van der Waals surface area (Å²) in [6, 6.07) is -0.202. The van der Waals surface area contributed by atoms with Gasteiger partial charge in [0.05, 0.1) is 18.2 Å². The maximum absolute atomic E-state index is 11.5. The molecule has 92 valence electrons. The molecule has 2 aliphatic rings. The zero-order valence-corrected chi connectivity index (χ0v) is 9.96. The van der Waals surface area contributed by atoms with Crippen LogP contribution in [0.4, 0.5) is 0 Å². The van der Waals surface area contributed by atoms with Crippen molar-refractivity contribution in [3.8, 4) is 0 Å². The topological polar surface area (TPSA) is 64.6 Å². The van der Waals surface area contributed by atoms with Crippen molar-refractivity contribution >= 4 is 10.3 Å². The van der Waals surface area contributed by atoms with Crippen LogP contribution >= 0.6 is 0 Å². The van der Waals surface area contributed by atoms with Crippen molar-refractivity contribution in [3.63, 3.8) is 0 Å². The van der Waals surface area contributed by atoms with Gasteiger partial charge in [0.15, 0.2) is 0 Å². The van der Waals surface area contributed by atoms with Gasteiger partial charge in [-0.2, -0.15) is 13.1 Å². The second kappa shape index (κ2) is 4.44. The first-order chi connectivity index (χ1) is 7.58. The van der Waals surface area contributed by atoms with E-state index in [1.54, 1.807) is 6.08 Å². The molecule has 2 rings (SSSR count). The monoisotopic (exact) mass is 247 g/mol. The van der Waals surface area contributed by atoms with Crippen LogP contribution in [0.2, 0.25) is 0 Å². The van der Waals surface area contributed by atoms with Gasteiger partial charge in [0, 0.05) is 13.0 Å². The van der Waals surface area contributed by atoms with Crippen LogP contribution in [0.3, 0.4) is 0 Å². The highest BCUT2D eigenvalue weighted by Crippen LogP contribution is 2.34. The Bertz CT molecular complexity index is 367. The molecule has 0 radical (unpaired) electrons. The third-order valence-electron chi connectivity index (χ3n) is 3.20. The van der Waals surface area contributed by atoms with Gasteiger partial charge in [-0.05, 0) is 19.3 Å². The van der Waals surface area contributed by atoms with Crippen molar-refractivity contribution in [2.75, 3.05) is 13.2 Å². The van der Waals surface area contributed by atoms with E-state index in [-0.39, 0.29) is 12.6 Å². The van der Waals surface area contributed by atoms with Crippen molar-refractivity contribution < 1.29 is 17.3 Å². The highest BCUT2D eigenvalue weighted by atomic mass is 32.2. The van der Waals surface area contributed by atoms with Crippen molar-refractivity contribution in [2.24, 2.45) is 0 Å². The Balaban J connectivity index is 2.26. The molecule has 2 fully saturated rings. The van der Waals surface area contributed by atoms with E-state index in [1.165, 1.54) is 0 Å². The molecule has 0 spiro atoms. The molecule has 1 N–H and O–H groups in total. The molecule has 6 heteroatoms. The standard InChI is InChI=1S/C10H17NO4S/c1-2-5-10-6-8-15-16(12,13)11-9(10)4-3-7-14-10/h2,9,11H,1,3-8H2/t9-,10+/m1/s1. The number of rotatable bonds is 2. The van der Waals surface area contributed by atoms with Gasteiger partial charge in [0.1, 0.15) is 0 Å². The number of hydrogen-bond donors (Lipinski definition) is 1. The zero-order valence-electron chi connectivity index (χ0n) is 9.15. The molecule has 0 aromatic carbocycles. The summed E-state index contributed by atoms with van der Waals surface area (Å²) in [5, 5.41) is 0. The van der Waals surface area contributed by atoms with Crippen LogP contribution in [0.1, 0.15) is 25.7 Å². The quantitative estimate of drug-likeness (QED) is 0.731. The van der Waals surface area contributed by atoms with Crippen molar-refractivity contribution in [1.82, 2.24) is 4.72 Å². The third-order valence-corrected chi connectivity index (χ3v) is 4.25. The predicted octanol–water partition coefficient (Wildman–Crippen LogP) is 0.735. The maximum Gasteiger partial charge on any atom is 0.336 e. The lowest BCUT2D eigenvalue weighted by Crippen LogP contribution is -2.55. The normalized spacial score (nSPS) is 38.4. The van der Waals surface area contributed by atoms with E-state index >= 15 is 0 Å². The van der Waals surface area contributed by atoms with Gasteiger partial charge in [-0.1, -0.05) is 6.08 Å². The third kappa shape index (κ3) is 2.29. The van der Waals surface area contributed by atoms with Crippen LogP contribution in [-0.4, -0.2) is 33.3 Å². The van der Waals surface area contributed by atoms with Gasteiger partial charge in [0.25, 0.3) is 0 Å². The Kier molecular flexibility index (Phi) is 3.34. The minimum atomic E-state index is -3.61. The van der Waals surface area contributed by atoms with E-state index in [0.717, 1.165) is 12.8 Å². The molecule has 2 heterocycles. The highest BCUT2D eigenvalue weighted by molar-refractivity contribution is 7.84. The lowest BCUT2D eigenvalue weighted by atomic mass is 9.83. The fourth-order valence-corrected chi connectivity index (χ4v) is 3.47. The van der Waals surface area contributed by atoms with Gasteiger partial charge in [-0.15, -0.1) is 6.58 Å². The second-order valence-electron chi connectivity index (χ2n) is 4.24. The van der Waals surface area contributed by atoms with E-state index in [9.17, 15) is 8.42 Å². The number of nitrogens with one attached hydrogen (secondary N) is 1. The van der Waals surface area contributed by atoms with Crippen LogP contribution in [0.25, 0.3) is 0 Å². The summed E-state index contributed by atoms with van der Waals surface area (Å²) in [6.45, 7) is 4.55. The first-order valence-corrected chi connectivity index (χ1v) is 6.90. The van der Waals surface area contributed by atoms with Gasteiger partial charge in [-0.25, -0.2) is 0 Å². The Labute approximate surface area is 96.1 Å². The molecule has 0 unspecified atom stereocenters. The maximum atomic E-state index is 11.5. The minimum absolute atomic E-state index is 0.166. The first kappa shape index (κ1) is 12.0. The van der Waals surface area contributed by atoms with Gasteiger partial charge < -0.3 is 4.74 Å². The van der Waals surface area contributed by atoms with Crippen LogP contribution in [0.5, 0.6) is 0 Å². The van der Waals surface area contributed by atoms with Gasteiger partial charge in [0.2, 0.25) is 0 Å². The Morgan fingerprint density at radius 3 is 3.06 bits per heavy atom.